The highest BCUT2D eigenvalue weighted by Crippen LogP contribution is 2.85. The minimum atomic E-state index is -0.726. The van der Waals surface area contributed by atoms with E-state index in [0.29, 0.717) is 5.92 Å². The van der Waals surface area contributed by atoms with Crippen LogP contribution < -0.4 is 0 Å². The van der Waals surface area contributed by atoms with Crippen LogP contribution in [0.1, 0.15) is 84.5 Å². The van der Waals surface area contributed by atoms with Gasteiger partial charge in [0.1, 0.15) is 11.7 Å². The first-order chi connectivity index (χ1) is 17.2. The second-order valence-electron chi connectivity index (χ2n) is 13.2. The molecule has 2 spiro atoms. The second kappa shape index (κ2) is 7.58. The molecule has 5 saturated carbocycles. The summed E-state index contributed by atoms with van der Waals surface area (Å²) in [5.74, 6) is 6.59. The van der Waals surface area contributed by atoms with Gasteiger partial charge in [-0.1, -0.05) is 43.9 Å². The number of rotatable bonds is 3. The number of aliphatic hydroxyl groups is 3. The summed E-state index contributed by atoms with van der Waals surface area (Å²) < 4.78 is 13.4. The average Bonchev–Trinajstić information content (AvgIpc) is 3.49. The molecular formula is C31H40O5. The Hall–Kier alpha value is -1.42. The number of hydrogen-bond acceptors (Lipinski definition) is 5. The van der Waals surface area contributed by atoms with Crippen LogP contribution in [0.15, 0.2) is 34.9 Å². The van der Waals surface area contributed by atoms with E-state index in [2.05, 4.69) is 17.9 Å². The summed E-state index contributed by atoms with van der Waals surface area (Å²) in [7, 11) is 0. The van der Waals surface area contributed by atoms with Gasteiger partial charge in [-0.05, 0) is 93.6 Å². The van der Waals surface area contributed by atoms with Crippen LogP contribution in [0.4, 0.5) is 0 Å². The van der Waals surface area contributed by atoms with Gasteiger partial charge in [0.15, 0.2) is 5.79 Å². The zero-order valence-corrected chi connectivity index (χ0v) is 21.7. The second-order valence-corrected chi connectivity index (χ2v) is 13.2. The van der Waals surface area contributed by atoms with Crippen molar-refractivity contribution in [3.05, 3.63) is 34.9 Å². The Morgan fingerprint density at radius 1 is 1.03 bits per heavy atom. The third kappa shape index (κ3) is 2.81. The van der Waals surface area contributed by atoms with E-state index in [4.69, 9.17) is 9.47 Å². The van der Waals surface area contributed by atoms with E-state index in [1.807, 2.05) is 26.0 Å². The molecule has 0 aromatic heterocycles. The first-order valence-corrected chi connectivity index (χ1v) is 14.3. The smallest absolute Gasteiger partial charge is 0.164 e. The number of fused-ring (bicyclic) bond motifs is 1. The maximum atomic E-state index is 12.0. The third-order valence-corrected chi connectivity index (χ3v) is 11.0. The van der Waals surface area contributed by atoms with Crippen molar-refractivity contribution in [2.24, 2.45) is 23.2 Å². The fourth-order valence-corrected chi connectivity index (χ4v) is 10.0. The molecule has 5 nitrogen and oxygen atoms in total. The standard InChI is InChI=1S/C31H40O5/c1-27(2)35-26-24-21(19-32)18-20(10-3-4-12-28(33)13-5-6-14-28)23-25(29(34)15-7-8-16-29)22-11-9-17-30(26,36-27)31(22,23)24/h4,12,18,22-23,25-26,32-34H,5-9,11,13-17,19H2,1-2H3/b12-4+/t22-,23-,25-,26+,30+,31-/m1/s1. The van der Waals surface area contributed by atoms with Gasteiger partial charge >= 0.3 is 0 Å². The first-order valence-electron chi connectivity index (χ1n) is 14.3. The van der Waals surface area contributed by atoms with Crippen molar-refractivity contribution in [1.82, 2.24) is 0 Å². The van der Waals surface area contributed by atoms with E-state index in [1.165, 1.54) is 5.57 Å². The van der Waals surface area contributed by atoms with E-state index in [9.17, 15) is 15.3 Å². The fourth-order valence-electron chi connectivity index (χ4n) is 10.0. The zero-order chi connectivity index (χ0) is 25.0. The minimum Gasteiger partial charge on any atom is -0.392 e. The molecule has 0 amide bonds. The van der Waals surface area contributed by atoms with Gasteiger partial charge < -0.3 is 24.8 Å². The van der Waals surface area contributed by atoms with Crippen LogP contribution in [0.5, 0.6) is 0 Å². The van der Waals surface area contributed by atoms with Crippen molar-refractivity contribution in [3.8, 4) is 11.8 Å². The van der Waals surface area contributed by atoms with Crippen molar-refractivity contribution in [2.75, 3.05) is 6.61 Å². The van der Waals surface area contributed by atoms with Gasteiger partial charge in [0.2, 0.25) is 0 Å². The Balaban J connectivity index is 1.34. The molecule has 36 heavy (non-hydrogen) atoms. The zero-order valence-electron chi connectivity index (χ0n) is 21.7. The summed E-state index contributed by atoms with van der Waals surface area (Å²) in [5.41, 5.74) is 1.15. The van der Waals surface area contributed by atoms with Crippen molar-refractivity contribution < 1.29 is 24.8 Å². The third-order valence-electron chi connectivity index (χ3n) is 11.0. The van der Waals surface area contributed by atoms with Gasteiger partial charge in [-0.15, -0.1) is 0 Å². The molecule has 0 aromatic rings. The molecule has 6 aliphatic carbocycles. The Bertz CT molecular complexity index is 1120. The molecule has 7 aliphatic rings. The molecule has 0 unspecified atom stereocenters. The van der Waals surface area contributed by atoms with Gasteiger partial charge in [-0.2, -0.15) is 0 Å². The van der Waals surface area contributed by atoms with Gasteiger partial charge in [-0.25, -0.2) is 0 Å². The Kier molecular flexibility index (Phi) is 4.98. The number of hydrogen-bond donors (Lipinski definition) is 3. The summed E-state index contributed by atoms with van der Waals surface area (Å²) >= 11 is 0. The molecule has 1 aliphatic heterocycles. The van der Waals surface area contributed by atoms with Crippen LogP contribution in [-0.4, -0.2) is 50.6 Å². The summed E-state index contributed by atoms with van der Waals surface area (Å²) in [6, 6.07) is 0. The highest BCUT2D eigenvalue weighted by molar-refractivity contribution is 5.63. The number of ether oxygens (including phenoxy) is 2. The van der Waals surface area contributed by atoms with Crippen molar-refractivity contribution in [3.63, 3.8) is 0 Å². The predicted octanol–water partition coefficient (Wildman–Crippen LogP) is 4.32. The fraction of sp³-hybridized carbons (Fsp3) is 0.742. The van der Waals surface area contributed by atoms with Crippen molar-refractivity contribution in [2.45, 2.75) is 113 Å². The molecule has 6 atom stereocenters. The molecule has 5 heteroatoms. The number of aliphatic hydroxyl groups excluding tert-OH is 1. The monoisotopic (exact) mass is 492 g/mol. The molecular weight excluding hydrogens is 452 g/mol. The minimum absolute atomic E-state index is 0.0391. The summed E-state index contributed by atoms with van der Waals surface area (Å²) in [5, 5.41) is 33.2. The van der Waals surface area contributed by atoms with Gasteiger partial charge in [0.25, 0.3) is 0 Å². The molecule has 6 fully saturated rings. The van der Waals surface area contributed by atoms with Crippen LogP contribution in [0.25, 0.3) is 0 Å². The Labute approximate surface area is 214 Å². The lowest BCUT2D eigenvalue weighted by molar-refractivity contribution is -0.319. The van der Waals surface area contributed by atoms with Gasteiger partial charge in [0, 0.05) is 16.9 Å². The van der Waals surface area contributed by atoms with E-state index in [0.717, 1.165) is 81.8 Å². The lowest BCUT2D eigenvalue weighted by atomic mass is 9.24. The largest absolute Gasteiger partial charge is 0.392 e. The maximum absolute atomic E-state index is 12.0. The highest BCUT2D eigenvalue weighted by Gasteiger charge is 2.88. The Morgan fingerprint density at radius 2 is 1.75 bits per heavy atom. The normalized spacial score (nSPS) is 44.6. The van der Waals surface area contributed by atoms with E-state index in [-0.39, 0.29) is 30.0 Å². The van der Waals surface area contributed by atoms with Crippen molar-refractivity contribution in [1.29, 1.82) is 0 Å². The molecule has 1 saturated heterocycles. The van der Waals surface area contributed by atoms with Crippen LogP contribution in [0.2, 0.25) is 0 Å². The van der Waals surface area contributed by atoms with Crippen LogP contribution >= 0.6 is 0 Å². The quantitative estimate of drug-likeness (QED) is 0.512. The lowest BCUT2D eigenvalue weighted by Gasteiger charge is -2.80. The van der Waals surface area contributed by atoms with Crippen LogP contribution in [-0.2, 0) is 9.47 Å². The SMILES string of the molecule is CC1(C)O[C@H]2C3=C(CO)C=C(C#C/C=C/C4(O)CCCC4)[C@@H]4[C@H](C5(O)CCCC5)[C@H]5CCC[C@@]2(O1)[C@]354. The molecule has 7 rings (SSSR count). The van der Waals surface area contributed by atoms with Crippen LogP contribution in [0.3, 0.4) is 0 Å². The highest BCUT2D eigenvalue weighted by atomic mass is 16.8. The number of allylic oxidation sites excluding steroid dienone is 2. The van der Waals surface area contributed by atoms with Crippen molar-refractivity contribution >= 4 is 0 Å². The molecule has 0 bridgehead atoms. The summed E-state index contributed by atoms with van der Waals surface area (Å²) in [6.45, 7) is 3.98. The first kappa shape index (κ1) is 23.7. The summed E-state index contributed by atoms with van der Waals surface area (Å²) in [6.07, 6.45) is 16.4. The lowest BCUT2D eigenvalue weighted by Crippen LogP contribution is -2.84. The van der Waals surface area contributed by atoms with E-state index < -0.39 is 22.6 Å². The topological polar surface area (TPSA) is 79.2 Å². The van der Waals surface area contributed by atoms with E-state index in [1.54, 1.807) is 0 Å². The maximum Gasteiger partial charge on any atom is 0.164 e. The summed E-state index contributed by atoms with van der Waals surface area (Å²) in [4.78, 5) is 0. The Morgan fingerprint density at radius 3 is 2.47 bits per heavy atom. The molecule has 1 heterocycles. The average molecular weight is 493 g/mol. The van der Waals surface area contributed by atoms with E-state index >= 15 is 0 Å². The molecule has 0 radical (unpaired) electrons. The van der Waals surface area contributed by atoms with Gasteiger partial charge in [-0.3, -0.25) is 0 Å². The van der Waals surface area contributed by atoms with Gasteiger partial charge in [0.05, 0.1) is 17.8 Å². The molecule has 194 valence electrons. The molecule has 0 aromatic carbocycles. The molecule has 3 N–H and O–H groups in total. The predicted molar refractivity (Wildman–Crippen MR) is 135 cm³/mol. The van der Waals surface area contributed by atoms with Crippen LogP contribution in [0, 0.1) is 35.0 Å².